The lowest BCUT2D eigenvalue weighted by atomic mass is 9.99. The molecule has 0 radical (unpaired) electrons. The standard InChI is InChI=1S/C16H21NO3/c1-9(2)7-12(8-18)17-15(19)13-10(3)5-6-11(4)14(13)16(17)20/h5-6,9,12,18H,7-8H2,1-4H3. The zero-order chi connectivity index (χ0) is 15.0. The van der Waals surface area contributed by atoms with Crippen LogP contribution in [0.3, 0.4) is 0 Å². The van der Waals surface area contributed by atoms with Crippen LogP contribution in [0.1, 0.15) is 52.1 Å². The van der Waals surface area contributed by atoms with Gasteiger partial charge in [-0.3, -0.25) is 14.5 Å². The Hall–Kier alpha value is -1.68. The van der Waals surface area contributed by atoms with Gasteiger partial charge in [-0.15, -0.1) is 0 Å². The fourth-order valence-electron chi connectivity index (χ4n) is 2.83. The van der Waals surface area contributed by atoms with Gasteiger partial charge >= 0.3 is 0 Å². The Kier molecular flexibility index (Phi) is 3.95. The van der Waals surface area contributed by atoms with Crippen LogP contribution in [-0.2, 0) is 0 Å². The summed E-state index contributed by atoms with van der Waals surface area (Å²) in [7, 11) is 0. The van der Waals surface area contributed by atoms with E-state index >= 15 is 0 Å². The number of carbonyl (C=O) groups excluding carboxylic acids is 2. The SMILES string of the molecule is Cc1ccc(C)c2c1C(=O)N(C(CO)CC(C)C)C2=O. The van der Waals surface area contributed by atoms with E-state index in [0.29, 0.717) is 23.5 Å². The van der Waals surface area contributed by atoms with Gasteiger partial charge in [0.1, 0.15) is 0 Å². The van der Waals surface area contributed by atoms with Gasteiger partial charge in [0.15, 0.2) is 0 Å². The van der Waals surface area contributed by atoms with Crippen LogP contribution >= 0.6 is 0 Å². The van der Waals surface area contributed by atoms with Crippen molar-refractivity contribution in [2.24, 2.45) is 5.92 Å². The molecule has 4 heteroatoms. The molecule has 1 unspecified atom stereocenters. The lowest BCUT2D eigenvalue weighted by Crippen LogP contribution is -2.43. The molecule has 1 aromatic carbocycles. The summed E-state index contributed by atoms with van der Waals surface area (Å²) in [4.78, 5) is 26.4. The van der Waals surface area contributed by atoms with Crippen molar-refractivity contribution >= 4 is 11.8 Å². The highest BCUT2D eigenvalue weighted by atomic mass is 16.3. The molecule has 4 nitrogen and oxygen atoms in total. The highest BCUT2D eigenvalue weighted by Crippen LogP contribution is 2.31. The van der Waals surface area contributed by atoms with Gasteiger partial charge in [-0.1, -0.05) is 26.0 Å². The van der Waals surface area contributed by atoms with E-state index in [1.807, 2.05) is 39.8 Å². The van der Waals surface area contributed by atoms with E-state index in [9.17, 15) is 14.7 Å². The number of aliphatic hydroxyl groups excluding tert-OH is 1. The summed E-state index contributed by atoms with van der Waals surface area (Å²) in [5, 5.41) is 9.54. The Labute approximate surface area is 119 Å². The van der Waals surface area contributed by atoms with Crippen LogP contribution in [0.25, 0.3) is 0 Å². The largest absolute Gasteiger partial charge is 0.394 e. The first-order valence-corrected chi connectivity index (χ1v) is 6.97. The molecule has 1 atom stereocenters. The van der Waals surface area contributed by atoms with Crippen LogP contribution < -0.4 is 0 Å². The number of aliphatic hydroxyl groups is 1. The monoisotopic (exact) mass is 275 g/mol. The maximum absolute atomic E-state index is 12.6. The summed E-state index contributed by atoms with van der Waals surface area (Å²) < 4.78 is 0. The first kappa shape index (κ1) is 14.7. The van der Waals surface area contributed by atoms with Crippen molar-refractivity contribution in [1.82, 2.24) is 4.90 Å². The summed E-state index contributed by atoms with van der Waals surface area (Å²) in [5.74, 6) is -0.240. The topological polar surface area (TPSA) is 57.6 Å². The van der Waals surface area contributed by atoms with Crippen molar-refractivity contribution in [3.8, 4) is 0 Å². The molecule has 2 amide bonds. The van der Waals surface area contributed by atoms with Gasteiger partial charge in [0.05, 0.1) is 23.8 Å². The number of benzene rings is 1. The molecule has 1 aliphatic heterocycles. The Bertz CT molecular complexity index is 522. The van der Waals surface area contributed by atoms with Gasteiger partial charge in [0, 0.05) is 0 Å². The molecule has 1 N–H and O–H groups in total. The van der Waals surface area contributed by atoms with E-state index < -0.39 is 6.04 Å². The van der Waals surface area contributed by atoms with Crippen LogP contribution in [0, 0.1) is 19.8 Å². The number of imide groups is 1. The normalized spacial score (nSPS) is 16.0. The van der Waals surface area contributed by atoms with E-state index in [2.05, 4.69) is 0 Å². The van der Waals surface area contributed by atoms with Crippen LogP contribution in [0.15, 0.2) is 12.1 Å². The van der Waals surface area contributed by atoms with Gasteiger partial charge in [0.2, 0.25) is 0 Å². The minimum absolute atomic E-state index is 0.193. The second-order valence-electron chi connectivity index (χ2n) is 5.90. The molecule has 0 fully saturated rings. The Morgan fingerprint density at radius 2 is 1.50 bits per heavy atom. The Morgan fingerprint density at radius 3 is 1.85 bits per heavy atom. The van der Waals surface area contributed by atoms with Crippen molar-refractivity contribution in [1.29, 1.82) is 0 Å². The Morgan fingerprint density at radius 1 is 1.05 bits per heavy atom. The summed E-state index contributed by atoms with van der Waals surface area (Å²) in [5.41, 5.74) is 2.62. The third-order valence-electron chi connectivity index (χ3n) is 3.81. The van der Waals surface area contributed by atoms with Gasteiger partial charge in [-0.05, 0) is 37.3 Å². The molecule has 0 saturated carbocycles. The predicted octanol–water partition coefficient (Wildman–Crippen LogP) is 2.31. The van der Waals surface area contributed by atoms with Gasteiger partial charge < -0.3 is 5.11 Å². The molecule has 1 aromatic rings. The molecule has 0 spiro atoms. The van der Waals surface area contributed by atoms with Crippen molar-refractivity contribution in [3.05, 3.63) is 34.4 Å². The maximum Gasteiger partial charge on any atom is 0.262 e. The van der Waals surface area contributed by atoms with Crippen LogP contribution in [0.5, 0.6) is 0 Å². The molecule has 0 aliphatic carbocycles. The average molecular weight is 275 g/mol. The van der Waals surface area contributed by atoms with E-state index in [-0.39, 0.29) is 18.4 Å². The second-order valence-corrected chi connectivity index (χ2v) is 5.90. The minimum Gasteiger partial charge on any atom is -0.394 e. The zero-order valence-electron chi connectivity index (χ0n) is 12.4. The van der Waals surface area contributed by atoms with E-state index in [4.69, 9.17) is 0 Å². The van der Waals surface area contributed by atoms with E-state index in [0.717, 1.165) is 11.1 Å². The molecule has 0 aromatic heterocycles. The van der Waals surface area contributed by atoms with Crippen LogP contribution in [-0.4, -0.2) is 34.5 Å². The van der Waals surface area contributed by atoms with Crippen molar-refractivity contribution in [2.45, 2.75) is 40.2 Å². The first-order valence-electron chi connectivity index (χ1n) is 6.97. The van der Waals surface area contributed by atoms with Crippen molar-refractivity contribution in [3.63, 3.8) is 0 Å². The molecule has 1 heterocycles. The molecule has 2 rings (SSSR count). The number of nitrogens with zero attached hydrogens (tertiary/aromatic N) is 1. The van der Waals surface area contributed by atoms with Crippen LogP contribution in [0.4, 0.5) is 0 Å². The molecule has 20 heavy (non-hydrogen) atoms. The summed E-state index contributed by atoms with van der Waals surface area (Å²) >= 11 is 0. The molecule has 0 saturated heterocycles. The van der Waals surface area contributed by atoms with Crippen molar-refractivity contribution in [2.75, 3.05) is 6.61 Å². The summed E-state index contributed by atoms with van der Waals surface area (Å²) in [6, 6.07) is 3.28. The number of carbonyl (C=O) groups is 2. The third kappa shape index (κ3) is 2.24. The van der Waals surface area contributed by atoms with Gasteiger partial charge in [0.25, 0.3) is 11.8 Å². The molecule has 108 valence electrons. The molecular weight excluding hydrogens is 254 g/mol. The lowest BCUT2D eigenvalue weighted by molar-refractivity contribution is 0.0489. The fraction of sp³-hybridized carbons (Fsp3) is 0.500. The number of amides is 2. The maximum atomic E-state index is 12.6. The van der Waals surface area contributed by atoms with Gasteiger partial charge in [-0.2, -0.15) is 0 Å². The highest BCUT2D eigenvalue weighted by molar-refractivity contribution is 6.22. The predicted molar refractivity (Wildman–Crippen MR) is 76.7 cm³/mol. The minimum atomic E-state index is -0.443. The molecule has 1 aliphatic rings. The number of hydrogen-bond donors (Lipinski definition) is 1. The quantitative estimate of drug-likeness (QED) is 0.858. The molecular formula is C16H21NO3. The highest BCUT2D eigenvalue weighted by Gasteiger charge is 2.41. The van der Waals surface area contributed by atoms with Gasteiger partial charge in [-0.25, -0.2) is 0 Å². The number of rotatable bonds is 4. The van der Waals surface area contributed by atoms with E-state index in [1.54, 1.807) is 0 Å². The van der Waals surface area contributed by atoms with Crippen molar-refractivity contribution < 1.29 is 14.7 Å². The van der Waals surface area contributed by atoms with Crippen LogP contribution in [0.2, 0.25) is 0 Å². The average Bonchev–Trinajstić information content (AvgIpc) is 2.64. The number of fused-ring (bicyclic) bond motifs is 1. The zero-order valence-corrected chi connectivity index (χ0v) is 12.4. The smallest absolute Gasteiger partial charge is 0.262 e. The summed E-state index contributed by atoms with van der Waals surface area (Å²) in [6.07, 6.45) is 0.611. The number of aryl methyl sites for hydroxylation is 2. The summed E-state index contributed by atoms with van der Waals surface area (Å²) in [6.45, 7) is 7.50. The fourth-order valence-corrected chi connectivity index (χ4v) is 2.83. The number of hydrogen-bond acceptors (Lipinski definition) is 3. The Balaban J connectivity index is 2.46. The molecule has 0 bridgehead atoms. The first-order chi connectivity index (χ1) is 9.38. The van der Waals surface area contributed by atoms with E-state index in [1.165, 1.54) is 4.90 Å². The third-order valence-corrected chi connectivity index (χ3v) is 3.81. The second kappa shape index (κ2) is 5.37. The lowest BCUT2D eigenvalue weighted by Gasteiger charge is -2.25.